The lowest BCUT2D eigenvalue weighted by Gasteiger charge is -2.04. The topological polar surface area (TPSA) is 69.8 Å². The van der Waals surface area contributed by atoms with Crippen molar-refractivity contribution in [3.05, 3.63) is 32.5 Å². The Kier molecular flexibility index (Phi) is 4.94. The van der Waals surface area contributed by atoms with Gasteiger partial charge in [0.05, 0.1) is 21.1 Å². The number of hydrogen-bond acceptors (Lipinski definition) is 6. The summed E-state index contributed by atoms with van der Waals surface area (Å²) >= 11 is 3.20. The average Bonchev–Trinajstić information content (AvgIpc) is 3.33. The molecule has 4 aromatic heterocycles. The Labute approximate surface area is 177 Å². The van der Waals surface area contributed by atoms with Gasteiger partial charge >= 0.3 is 0 Å². The fraction of sp³-hybridized carbons (Fsp3) is 0.429. The molecule has 0 bridgehead atoms. The lowest BCUT2D eigenvalue weighted by molar-refractivity contribution is 0.0958. The van der Waals surface area contributed by atoms with Crippen LogP contribution in [0.1, 0.15) is 61.4 Å². The van der Waals surface area contributed by atoms with Crippen LogP contribution in [0.25, 0.3) is 20.7 Å². The number of thiazole rings is 2. The van der Waals surface area contributed by atoms with Gasteiger partial charge in [0.1, 0.15) is 20.7 Å². The van der Waals surface area contributed by atoms with E-state index in [-0.39, 0.29) is 11.6 Å². The maximum atomic E-state index is 12.9. The highest BCUT2D eigenvalue weighted by atomic mass is 32.1. The Morgan fingerprint density at radius 1 is 0.759 bits per heavy atom. The van der Waals surface area contributed by atoms with E-state index in [2.05, 4.69) is 9.97 Å². The number of aromatic nitrogens is 4. The van der Waals surface area contributed by atoms with E-state index in [0.29, 0.717) is 30.4 Å². The minimum atomic E-state index is 0.0608. The quantitative estimate of drug-likeness (QED) is 0.403. The standard InChI is InChI=1S/C21H24N4O2S2/c1-10-16(18-20(24(10)5)28-12(3)22-18)14(26)8-7-9-15(27)17-11(2)25(6)21-19(17)23-13(4)29-21/h7-9H2,1-6H3. The Balaban J connectivity index is 1.51. The predicted octanol–water partition coefficient (Wildman–Crippen LogP) is 5.05. The smallest absolute Gasteiger partial charge is 0.166 e. The van der Waals surface area contributed by atoms with Gasteiger partial charge in [-0.25, -0.2) is 9.97 Å². The predicted molar refractivity (Wildman–Crippen MR) is 119 cm³/mol. The van der Waals surface area contributed by atoms with Gasteiger partial charge in [0, 0.05) is 38.3 Å². The molecule has 8 heteroatoms. The summed E-state index contributed by atoms with van der Waals surface area (Å²) in [6.45, 7) is 7.82. The first-order valence-electron chi connectivity index (χ1n) is 9.62. The van der Waals surface area contributed by atoms with Crippen molar-refractivity contribution in [2.45, 2.75) is 47.0 Å². The Morgan fingerprint density at radius 2 is 1.14 bits per heavy atom. The van der Waals surface area contributed by atoms with E-state index in [1.165, 1.54) is 0 Å². The molecule has 0 radical (unpaired) electrons. The molecule has 0 saturated heterocycles. The zero-order chi connectivity index (χ0) is 21.0. The summed E-state index contributed by atoms with van der Waals surface area (Å²) < 4.78 is 4.07. The van der Waals surface area contributed by atoms with Gasteiger partial charge in [-0.15, -0.1) is 22.7 Å². The number of Topliss-reactive ketones (excluding diaryl/α,β-unsaturated/α-hetero) is 2. The second kappa shape index (κ2) is 7.18. The van der Waals surface area contributed by atoms with Crippen molar-refractivity contribution in [2.24, 2.45) is 14.1 Å². The Hall–Kier alpha value is -2.32. The minimum absolute atomic E-state index is 0.0608. The SMILES string of the molecule is Cc1nc2c(C(=O)CCCC(=O)c3c(C)n(C)c4sc(C)nc34)c(C)n(C)c2s1. The van der Waals surface area contributed by atoms with E-state index in [9.17, 15) is 9.59 Å². The van der Waals surface area contributed by atoms with Gasteiger partial charge in [-0.2, -0.15) is 0 Å². The molecule has 4 aromatic rings. The van der Waals surface area contributed by atoms with Crippen molar-refractivity contribution >= 4 is 54.9 Å². The van der Waals surface area contributed by atoms with Crippen LogP contribution in [0.3, 0.4) is 0 Å². The van der Waals surface area contributed by atoms with E-state index in [1.807, 2.05) is 50.9 Å². The number of ketones is 2. The number of carbonyl (C=O) groups is 2. The average molecular weight is 429 g/mol. The number of carbonyl (C=O) groups excluding carboxylic acids is 2. The van der Waals surface area contributed by atoms with Crippen molar-refractivity contribution in [3.63, 3.8) is 0 Å². The van der Waals surface area contributed by atoms with Gasteiger partial charge in [-0.05, 0) is 34.1 Å². The van der Waals surface area contributed by atoms with Gasteiger partial charge in [-0.1, -0.05) is 0 Å². The molecule has 4 heterocycles. The van der Waals surface area contributed by atoms with E-state index < -0.39 is 0 Å². The van der Waals surface area contributed by atoms with Gasteiger partial charge in [-0.3, -0.25) is 9.59 Å². The number of hydrogen-bond donors (Lipinski definition) is 0. The summed E-state index contributed by atoms with van der Waals surface area (Å²) in [6, 6.07) is 0. The molecule has 0 saturated carbocycles. The van der Waals surface area contributed by atoms with Crippen LogP contribution in [0.2, 0.25) is 0 Å². The van der Waals surface area contributed by atoms with E-state index in [0.717, 1.165) is 42.1 Å². The van der Waals surface area contributed by atoms with Crippen molar-refractivity contribution in [3.8, 4) is 0 Å². The van der Waals surface area contributed by atoms with Crippen molar-refractivity contribution in [1.29, 1.82) is 0 Å². The number of nitrogens with zero attached hydrogens (tertiary/aromatic N) is 4. The molecule has 0 spiro atoms. The van der Waals surface area contributed by atoms with Crippen molar-refractivity contribution < 1.29 is 9.59 Å². The summed E-state index contributed by atoms with van der Waals surface area (Å²) in [5.41, 5.74) is 4.87. The summed E-state index contributed by atoms with van der Waals surface area (Å²) in [7, 11) is 3.93. The van der Waals surface area contributed by atoms with E-state index >= 15 is 0 Å². The minimum Gasteiger partial charge on any atom is -0.338 e. The van der Waals surface area contributed by atoms with Crippen LogP contribution in [-0.4, -0.2) is 30.7 Å². The van der Waals surface area contributed by atoms with Gasteiger partial charge in [0.25, 0.3) is 0 Å². The maximum Gasteiger partial charge on any atom is 0.166 e. The molecular formula is C21H24N4O2S2. The second-order valence-electron chi connectivity index (χ2n) is 7.51. The Morgan fingerprint density at radius 3 is 1.52 bits per heavy atom. The largest absolute Gasteiger partial charge is 0.338 e. The third kappa shape index (κ3) is 3.14. The molecule has 0 aromatic carbocycles. The zero-order valence-corrected chi connectivity index (χ0v) is 19.2. The number of rotatable bonds is 6. The molecule has 0 amide bonds. The summed E-state index contributed by atoms with van der Waals surface area (Å²) in [4.78, 5) is 37.0. The molecule has 0 N–H and O–H groups in total. The fourth-order valence-corrected chi connectivity index (χ4v) is 5.79. The highest BCUT2D eigenvalue weighted by Crippen LogP contribution is 2.32. The third-order valence-corrected chi connectivity index (χ3v) is 7.71. The van der Waals surface area contributed by atoms with Crippen LogP contribution in [-0.2, 0) is 14.1 Å². The first kappa shape index (κ1) is 20.0. The molecule has 0 fully saturated rings. The molecule has 29 heavy (non-hydrogen) atoms. The zero-order valence-electron chi connectivity index (χ0n) is 17.5. The van der Waals surface area contributed by atoms with E-state index in [1.54, 1.807) is 22.7 Å². The van der Waals surface area contributed by atoms with Crippen LogP contribution in [0.4, 0.5) is 0 Å². The van der Waals surface area contributed by atoms with Gasteiger partial charge in [0.15, 0.2) is 11.6 Å². The van der Waals surface area contributed by atoms with Gasteiger partial charge < -0.3 is 9.13 Å². The number of aryl methyl sites for hydroxylation is 4. The molecule has 6 nitrogen and oxygen atoms in total. The Bertz CT molecular complexity index is 1190. The normalized spacial score (nSPS) is 11.8. The lowest BCUT2D eigenvalue weighted by atomic mass is 10.0. The van der Waals surface area contributed by atoms with Crippen LogP contribution in [0, 0.1) is 27.7 Å². The van der Waals surface area contributed by atoms with Crippen molar-refractivity contribution in [1.82, 2.24) is 19.1 Å². The first-order valence-corrected chi connectivity index (χ1v) is 11.2. The lowest BCUT2D eigenvalue weighted by Crippen LogP contribution is -2.06. The van der Waals surface area contributed by atoms with Crippen LogP contribution < -0.4 is 0 Å². The summed E-state index contributed by atoms with van der Waals surface area (Å²) in [6.07, 6.45) is 1.20. The maximum absolute atomic E-state index is 12.9. The highest BCUT2D eigenvalue weighted by molar-refractivity contribution is 7.18. The van der Waals surface area contributed by atoms with Crippen LogP contribution >= 0.6 is 22.7 Å². The second-order valence-corrected chi connectivity index (χ2v) is 9.88. The molecule has 0 aliphatic heterocycles. The van der Waals surface area contributed by atoms with Crippen molar-refractivity contribution in [2.75, 3.05) is 0 Å². The molecule has 0 unspecified atom stereocenters. The molecule has 0 aliphatic carbocycles. The third-order valence-electron chi connectivity index (χ3n) is 5.61. The number of fused-ring (bicyclic) bond motifs is 2. The molecule has 152 valence electrons. The fourth-order valence-electron chi connectivity index (χ4n) is 3.92. The molecule has 0 aliphatic rings. The van der Waals surface area contributed by atoms with E-state index in [4.69, 9.17) is 0 Å². The van der Waals surface area contributed by atoms with Crippen LogP contribution in [0.15, 0.2) is 0 Å². The summed E-state index contributed by atoms with van der Waals surface area (Å²) in [5, 5.41) is 1.91. The van der Waals surface area contributed by atoms with Gasteiger partial charge in [0.2, 0.25) is 0 Å². The first-order chi connectivity index (χ1) is 13.7. The van der Waals surface area contributed by atoms with Crippen LogP contribution in [0.5, 0.6) is 0 Å². The highest BCUT2D eigenvalue weighted by Gasteiger charge is 2.24. The monoisotopic (exact) mass is 428 g/mol. The molecule has 4 rings (SSSR count). The molecule has 0 atom stereocenters. The molecular weight excluding hydrogens is 404 g/mol. The summed E-state index contributed by atoms with van der Waals surface area (Å²) in [5.74, 6) is 0.122.